The molecule has 0 saturated heterocycles. The van der Waals surface area contributed by atoms with Crippen LogP contribution in [0.15, 0.2) is 24.3 Å². The van der Waals surface area contributed by atoms with Gasteiger partial charge in [-0.25, -0.2) is 0 Å². The quantitative estimate of drug-likeness (QED) is 0.430. The van der Waals surface area contributed by atoms with Crippen LogP contribution in [0, 0.1) is 0 Å². The van der Waals surface area contributed by atoms with E-state index in [4.69, 9.17) is 6.15 Å². The maximum absolute atomic E-state index is 6.17. The molecule has 0 amide bonds. The Hall–Kier alpha value is 0.199. The first-order chi connectivity index (χ1) is 8.24. The van der Waals surface area contributed by atoms with Crippen LogP contribution in [0.25, 0.3) is 0 Å². The van der Waals surface area contributed by atoms with Crippen molar-refractivity contribution in [3.8, 4) is 0 Å². The minimum absolute atomic E-state index is 0.842. The summed E-state index contributed by atoms with van der Waals surface area (Å²) in [5, 5.41) is 0. The molecule has 17 heavy (non-hydrogen) atoms. The first-order valence-electron chi connectivity index (χ1n) is 6.74. The molecule has 0 fully saturated rings. The number of allylic oxidation sites excluding steroid dienone is 4. The van der Waals surface area contributed by atoms with Gasteiger partial charge < -0.3 is 0 Å². The van der Waals surface area contributed by atoms with Gasteiger partial charge in [-0.15, -0.1) is 0 Å². The van der Waals surface area contributed by atoms with Crippen LogP contribution < -0.4 is 0 Å². The van der Waals surface area contributed by atoms with Crippen LogP contribution in [-0.4, -0.2) is 32.4 Å². The molecule has 2 nitrogen and oxygen atoms in total. The zero-order valence-corrected chi connectivity index (χ0v) is 14.7. The average Bonchev–Trinajstić information content (AvgIpc) is 2.37. The Morgan fingerprint density at radius 1 is 0.824 bits per heavy atom. The van der Waals surface area contributed by atoms with Crippen LogP contribution in [0.4, 0.5) is 0 Å². The van der Waals surface area contributed by atoms with Gasteiger partial charge >= 0.3 is 112 Å². The van der Waals surface area contributed by atoms with Gasteiger partial charge in [0.2, 0.25) is 0 Å². The standard InChI is InChI=1S/2C4H7.2C3H7O.Sn/c2*1-3-4-2;2*1-2-3-4;/h2*3-4H,1H2,2H3;2*2-3H2,1H3;/q;;2*-1;+2. The zero-order chi connectivity index (χ0) is 13.0. The van der Waals surface area contributed by atoms with E-state index >= 15 is 0 Å². The Morgan fingerprint density at radius 2 is 1.24 bits per heavy atom. The molecule has 0 N–H and O–H groups in total. The third-order valence-electron chi connectivity index (χ3n) is 2.47. The van der Waals surface area contributed by atoms with E-state index in [1.807, 2.05) is 0 Å². The summed E-state index contributed by atoms with van der Waals surface area (Å²) in [6, 6.07) is 0. The Morgan fingerprint density at radius 3 is 1.53 bits per heavy atom. The summed E-state index contributed by atoms with van der Waals surface area (Å²) in [5.74, 6) is 0. The van der Waals surface area contributed by atoms with Crippen LogP contribution in [0.1, 0.15) is 40.5 Å². The van der Waals surface area contributed by atoms with Crippen molar-refractivity contribution in [3.05, 3.63) is 24.3 Å². The predicted molar refractivity (Wildman–Crippen MR) is 77.5 cm³/mol. The van der Waals surface area contributed by atoms with Crippen molar-refractivity contribution in [2.75, 3.05) is 13.2 Å². The molecule has 0 unspecified atom stereocenters. The third-order valence-corrected chi connectivity index (χ3v) is 11.5. The Kier molecular flexibility index (Phi) is 11.4. The van der Waals surface area contributed by atoms with Gasteiger partial charge in [-0.2, -0.15) is 0 Å². The molecule has 0 aliphatic rings. The second-order valence-electron chi connectivity index (χ2n) is 4.15. The molecule has 0 aliphatic carbocycles. The fourth-order valence-corrected chi connectivity index (χ4v) is 10.3. The van der Waals surface area contributed by atoms with Crippen LogP contribution in [0.2, 0.25) is 8.87 Å². The first-order valence-corrected chi connectivity index (χ1v) is 13.1. The Bertz CT molecular complexity index is 200. The molecule has 0 aromatic carbocycles. The van der Waals surface area contributed by atoms with Gasteiger partial charge in [0.1, 0.15) is 0 Å². The molecular weight excluding hydrogens is 319 g/mol. The normalized spacial score (nSPS) is 12.9. The van der Waals surface area contributed by atoms with E-state index in [1.54, 1.807) is 0 Å². The molecule has 0 bridgehead atoms. The van der Waals surface area contributed by atoms with Gasteiger partial charge in [0.05, 0.1) is 0 Å². The van der Waals surface area contributed by atoms with Crippen LogP contribution in [-0.2, 0) is 6.15 Å². The summed E-state index contributed by atoms with van der Waals surface area (Å²) in [6.07, 6.45) is 10.8. The third kappa shape index (κ3) is 8.00. The van der Waals surface area contributed by atoms with Gasteiger partial charge in [-0.1, -0.05) is 0 Å². The van der Waals surface area contributed by atoms with E-state index < -0.39 is 19.2 Å². The van der Waals surface area contributed by atoms with Crippen LogP contribution >= 0.6 is 0 Å². The summed E-state index contributed by atoms with van der Waals surface area (Å²) >= 11 is -2.86. The van der Waals surface area contributed by atoms with E-state index in [-0.39, 0.29) is 0 Å². The fraction of sp³-hybridized carbons (Fsp3) is 0.714. The van der Waals surface area contributed by atoms with E-state index in [9.17, 15) is 0 Å². The van der Waals surface area contributed by atoms with Crippen molar-refractivity contribution >= 4 is 19.2 Å². The summed E-state index contributed by atoms with van der Waals surface area (Å²) in [6.45, 7) is 10.1. The molecule has 3 heteroatoms. The zero-order valence-electron chi connectivity index (χ0n) is 11.9. The van der Waals surface area contributed by atoms with Crippen molar-refractivity contribution in [2.45, 2.75) is 49.4 Å². The molecule has 0 saturated carbocycles. The van der Waals surface area contributed by atoms with Crippen LogP contribution in [0.3, 0.4) is 0 Å². The van der Waals surface area contributed by atoms with E-state index in [2.05, 4.69) is 52.0 Å². The topological polar surface area (TPSA) is 18.5 Å². The van der Waals surface area contributed by atoms with Crippen molar-refractivity contribution in [3.63, 3.8) is 0 Å². The molecule has 0 rings (SSSR count). The van der Waals surface area contributed by atoms with Crippen molar-refractivity contribution < 1.29 is 6.15 Å². The summed E-state index contributed by atoms with van der Waals surface area (Å²) in [5.41, 5.74) is 0. The van der Waals surface area contributed by atoms with E-state index in [0.717, 1.165) is 34.9 Å². The van der Waals surface area contributed by atoms with Crippen molar-refractivity contribution in [1.82, 2.24) is 0 Å². The van der Waals surface area contributed by atoms with Gasteiger partial charge in [0, 0.05) is 0 Å². The first kappa shape index (κ1) is 17.2. The maximum atomic E-state index is 6.17. The monoisotopic (exact) mass is 348 g/mol. The van der Waals surface area contributed by atoms with Crippen molar-refractivity contribution in [2.24, 2.45) is 0 Å². The number of hydrogen-bond acceptors (Lipinski definition) is 2. The fourth-order valence-electron chi connectivity index (χ4n) is 1.53. The van der Waals surface area contributed by atoms with Gasteiger partial charge in [-0.3, -0.25) is 0 Å². The number of hydrogen-bond donors (Lipinski definition) is 0. The molecule has 0 spiro atoms. The predicted octanol–water partition coefficient (Wildman–Crippen LogP) is 4.43. The molecule has 0 radical (unpaired) electrons. The molecule has 0 aliphatic heterocycles. The summed E-state index contributed by atoms with van der Waals surface area (Å²) in [4.78, 5) is 0. The Labute approximate surface area is 112 Å². The second-order valence-corrected chi connectivity index (χ2v) is 13.3. The van der Waals surface area contributed by atoms with Crippen molar-refractivity contribution in [1.29, 1.82) is 0 Å². The summed E-state index contributed by atoms with van der Waals surface area (Å²) < 4.78 is 14.4. The summed E-state index contributed by atoms with van der Waals surface area (Å²) in [7, 11) is 0. The van der Waals surface area contributed by atoms with Gasteiger partial charge in [0.25, 0.3) is 0 Å². The van der Waals surface area contributed by atoms with E-state index in [0.29, 0.717) is 0 Å². The van der Waals surface area contributed by atoms with Gasteiger partial charge in [-0.05, 0) is 0 Å². The minimum atomic E-state index is -2.86. The molecule has 0 aromatic heterocycles. The molecular formula is C14H28O2Sn. The molecule has 0 atom stereocenters. The van der Waals surface area contributed by atoms with E-state index in [1.165, 1.54) is 0 Å². The molecule has 100 valence electrons. The molecule has 0 heterocycles. The molecule has 0 aromatic rings. The van der Waals surface area contributed by atoms with Crippen LogP contribution in [0.5, 0.6) is 0 Å². The SMILES string of the molecule is CC=C[CH2][Sn]([CH2]C=CC)([O]CCC)[O]CCC. The average molecular weight is 347 g/mol. The second kappa shape index (κ2) is 11.3. The number of rotatable bonds is 10. The Balaban J connectivity index is 4.62. The van der Waals surface area contributed by atoms with Gasteiger partial charge in [0.15, 0.2) is 0 Å².